The van der Waals surface area contributed by atoms with Gasteiger partial charge in [-0.25, -0.2) is 8.42 Å². The van der Waals surface area contributed by atoms with Crippen molar-refractivity contribution in [3.05, 3.63) is 101 Å². The van der Waals surface area contributed by atoms with E-state index < -0.39 is 10.0 Å². The maximum Gasteiger partial charge on any atom is 0.243 e. The van der Waals surface area contributed by atoms with E-state index in [1.165, 1.54) is 0 Å². The van der Waals surface area contributed by atoms with E-state index >= 15 is 0 Å². The van der Waals surface area contributed by atoms with E-state index in [0.717, 1.165) is 37.8 Å². The van der Waals surface area contributed by atoms with Gasteiger partial charge in [0.2, 0.25) is 15.7 Å². The van der Waals surface area contributed by atoms with Crippen molar-refractivity contribution in [3.63, 3.8) is 0 Å². The van der Waals surface area contributed by atoms with Gasteiger partial charge in [-0.2, -0.15) is 9.04 Å². The minimum atomic E-state index is -3.50. The number of piperazine rings is 1. The van der Waals surface area contributed by atoms with Gasteiger partial charge in [-0.15, -0.1) is 0 Å². The van der Waals surface area contributed by atoms with Crippen LogP contribution >= 0.6 is 0 Å². The lowest BCUT2D eigenvalue weighted by Crippen LogP contribution is -2.54. The Bertz CT molecular complexity index is 1540. The van der Waals surface area contributed by atoms with Gasteiger partial charge < -0.3 is 5.21 Å². The number of nitrogens with zero attached hydrogens (tertiary/aromatic N) is 3. The van der Waals surface area contributed by atoms with Crippen molar-refractivity contribution in [3.8, 4) is 11.3 Å². The van der Waals surface area contributed by atoms with Crippen LogP contribution in [-0.4, -0.2) is 43.8 Å². The highest BCUT2D eigenvalue weighted by atomic mass is 32.2. The Balaban J connectivity index is 1.33. The van der Waals surface area contributed by atoms with Crippen LogP contribution in [0, 0.1) is 19.1 Å². The van der Waals surface area contributed by atoms with Gasteiger partial charge in [0.05, 0.1) is 4.90 Å². The molecule has 1 saturated heterocycles. The number of benzene rings is 3. The van der Waals surface area contributed by atoms with Crippen LogP contribution in [-0.2, 0) is 15.6 Å². The van der Waals surface area contributed by atoms with Crippen LogP contribution in [0.1, 0.15) is 30.5 Å². The van der Waals surface area contributed by atoms with E-state index in [0.29, 0.717) is 36.8 Å². The fraction of sp³-hybridized carbons (Fsp3) is 0.300. The van der Waals surface area contributed by atoms with Crippen LogP contribution in [0.3, 0.4) is 0 Å². The van der Waals surface area contributed by atoms with Crippen molar-refractivity contribution < 1.29 is 13.1 Å². The molecule has 0 N–H and O–H groups in total. The first-order chi connectivity index (χ1) is 17.6. The lowest BCUT2D eigenvalue weighted by Gasteiger charge is -2.44. The molecule has 6 nitrogen and oxygen atoms in total. The van der Waals surface area contributed by atoms with Gasteiger partial charge in [0.25, 0.3) is 0 Å². The topological polar surface area (TPSA) is 67.6 Å². The first-order valence-corrected chi connectivity index (χ1v) is 14.1. The van der Waals surface area contributed by atoms with E-state index in [1.807, 2.05) is 49.4 Å². The molecule has 37 heavy (non-hydrogen) atoms. The van der Waals surface area contributed by atoms with E-state index in [2.05, 4.69) is 43.9 Å². The molecule has 0 spiro atoms. The zero-order valence-electron chi connectivity index (χ0n) is 21.8. The summed E-state index contributed by atoms with van der Waals surface area (Å²) < 4.78 is 28.7. The van der Waals surface area contributed by atoms with E-state index in [1.54, 1.807) is 22.6 Å². The molecule has 0 radical (unpaired) electrons. The summed E-state index contributed by atoms with van der Waals surface area (Å²) in [6.07, 6.45) is 1.64. The van der Waals surface area contributed by atoms with E-state index in [-0.39, 0.29) is 5.54 Å². The normalized spacial score (nSPS) is 15.8. The Morgan fingerprint density at radius 1 is 0.865 bits per heavy atom. The fourth-order valence-electron chi connectivity index (χ4n) is 5.20. The molecule has 192 valence electrons. The molecule has 1 aliphatic heterocycles. The predicted molar refractivity (Wildman–Crippen MR) is 148 cm³/mol. The first-order valence-electron chi connectivity index (χ1n) is 12.6. The lowest BCUT2D eigenvalue weighted by molar-refractivity contribution is -0.592. The summed E-state index contributed by atoms with van der Waals surface area (Å²) in [6.45, 7) is 10.5. The molecule has 5 rings (SSSR count). The average Bonchev–Trinajstić information content (AvgIpc) is 2.89. The third kappa shape index (κ3) is 4.75. The lowest BCUT2D eigenvalue weighted by atomic mass is 9.90. The summed E-state index contributed by atoms with van der Waals surface area (Å²) in [5.74, 6) is 0. The van der Waals surface area contributed by atoms with Gasteiger partial charge in [0.1, 0.15) is 0 Å². The molecule has 7 heteroatoms. The molecule has 0 unspecified atom stereocenters. The molecule has 0 aliphatic carbocycles. The van der Waals surface area contributed by atoms with Crippen LogP contribution < -0.4 is 4.73 Å². The Labute approximate surface area is 219 Å². The largest absolute Gasteiger partial charge is 0.618 e. The molecular formula is C30H33N3O3S. The fourth-order valence-corrected chi connectivity index (χ4v) is 6.62. The summed E-state index contributed by atoms with van der Waals surface area (Å²) >= 11 is 0. The van der Waals surface area contributed by atoms with Crippen molar-refractivity contribution >= 4 is 20.8 Å². The minimum Gasteiger partial charge on any atom is -0.618 e. The number of aryl methyl sites for hydroxylation is 2. The van der Waals surface area contributed by atoms with Crippen molar-refractivity contribution in [2.45, 2.75) is 38.1 Å². The highest BCUT2D eigenvalue weighted by Gasteiger charge is 2.35. The minimum absolute atomic E-state index is 0.286. The number of aromatic nitrogens is 1. The molecule has 0 amide bonds. The van der Waals surface area contributed by atoms with Crippen LogP contribution in [0.4, 0.5) is 0 Å². The summed E-state index contributed by atoms with van der Waals surface area (Å²) in [5, 5.41) is 14.8. The Hall–Kier alpha value is -3.26. The van der Waals surface area contributed by atoms with Crippen LogP contribution in [0.5, 0.6) is 0 Å². The van der Waals surface area contributed by atoms with E-state index in [9.17, 15) is 13.6 Å². The molecule has 0 atom stereocenters. The number of sulfonamides is 1. The zero-order chi connectivity index (χ0) is 26.4. The summed E-state index contributed by atoms with van der Waals surface area (Å²) in [4.78, 5) is 2.68. The zero-order valence-corrected chi connectivity index (χ0v) is 22.6. The second-order valence-corrected chi connectivity index (χ2v) is 12.3. The summed E-state index contributed by atoms with van der Waals surface area (Å²) in [5.41, 5.74) is 4.51. The standard InChI is InChI=1S/C30H33N3O3S/c1-22-8-14-27(15-9-22)37(35,36)32-18-16-31(17-19-32)30(3,4)26-12-10-24(11-13-26)29-20-28-23(2)6-5-7-25(28)21-33(29)34/h5-15,20-21H,16-19H2,1-4H3. The van der Waals surface area contributed by atoms with Gasteiger partial charge in [-0.05, 0) is 74.5 Å². The summed E-state index contributed by atoms with van der Waals surface area (Å²) in [6, 6.07) is 23.1. The Kier molecular flexibility index (Phi) is 6.56. The van der Waals surface area contributed by atoms with Crippen LogP contribution in [0.15, 0.2) is 83.9 Å². The second-order valence-electron chi connectivity index (χ2n) is 10.4. The second kappa shape index (κ2) is 9.56. The van der Waals surface area contributed by atoms with Gasteiger partial charge >= 0.3 is 0 Å². The smallest absolute Gasteiger partial charge is 0.243 e. The van der Waals surface area contributed by atoms with Crippen molar-refractivity contribution in [2.24, 2.45) is 0 Å². The Morgan fingerprint density at radius 2 is 1.51 bits per heavy atom. The first kappa shape index (κ1) is 25.4. The molecular weight excluding hydrogens is 482 g/mol. The number of pyridine rings is 1. The average molecular weight is 516 g/mol. The number of fused-ring (bicyclic) bond motifs is 1. The number of rotatable bonds is 5. The number of hydrogen-bond donors (Lipinski definition) is 0. The van der Waals surface area contributed by atoms with Crippen LogP contribution in [0.2, 0.25) is 0 Å². The maximum absolute atomic E-state index is 13.1. The van der Waals surface area contributed by atoms with Gasteiger partial charge in [-0.1, -0.05) is 42.0 Å². The highest BCUT2D eigenvalue weighted by Crippen LogP contribution is 2.32. The molecule has 3 aromatic carbocycles. The number of hydrogen-bond acceptors (Lipinski definition) is 4. The molecule has 4 aromatic rings. The van der Waals surface area contributed by atoms with Crippen molar-refractivity contribution in [1.82, 2.24) is 9.21 Å². The molecule has 1 aliphatic rings. The van der Waals surface area contributed by atoms with Crippen molar-refractivity contribution in [1.29, 1.82) is 0 Å². The van der Waals surface area contributed by atoms with Gasteiger partial charge in [-0.3, -0.25) is 4.90 Å². The Morgan fingerprint density at radius 3 is 2.16 bits per heavy atom. The SMILES string of the molecule is Cc1ccc(S(=O)(=O)N2CCN(C(C)(C)c3ccc(-c4cc5c(C)cccc5c[n+]4[O-])cc3)CC2)cc1. The quantitative estimate of drug-likeness (QED) is 0.277. The third-order valence-corrected chi connectivity index (χ3v) is 9.62. The van der Waals surface area contributed by atoms with Gasteiger partial charge in [0.15, 0.2) is 6.20 Å². The molecule has 2 heterocycles. The molecule has 1 fully saturated rings. The monoisotopic (exact) mass is 515 g/mol. The predicted octanol–water partition coefficient (Wildman–Crippen LogP) is 5.00. The van der Waals surface area contributed by atoms with Gasteiger partial charge in [0, 0.05) is 48.7 Å². The molecule has 0 saturated carbocycles. The molecule has 0 bridgehead atoms. The molecule has 1 aromatic heterocycles. The summed E-state index contributed by atoms with van der Waals surface area (Å²) in [7, 11) is -3.50. The van der Waals surface area contributed by atoms with Crippen LogP contribution in [0.25, 0.3) is 22.0 Å². The maximum atomic E-state index is 13.1. The highest BCUT2D eigenvalue weighted by molar-refractivity contribution is 7.89. The third-order valence-electron chi connectivity index (χ3n) is 7.71. The van der Waals surface area contributed by atoms with E-state index in [4.69, 9.17) is 0 Å². The van der Waals surface area contributed by atoms with Crippen molar-refractivity contribution in [2.75, 3.05) is 26.2 Å².